The van der Waals surface area contributed by atoms with Crippen LogP contribution < -0.4 is 5.32 Å². The van der Waals surface area contributed by atoms with Crippen molar-refractivity contribution in [1.82, 2.24) is 10.2 Å². The summed E-state index contributed by atoms with van der Waals surface area (Å²) in [5.41, 5.74) is 0. The van der Waals surface area contributed by atoms with Gasteiger partial charge in [0, 0.05) is 24.7 Å². The summed E-state index contributed by atoms with van der Waals surface area (Å²) in [5, 5.41) is 3.65. The van der Waals surface area contributed by atoms with Crippen molar-refractivity contribution in [1.29, 1.82) is 0 Å². The van der Waals surface area contributed by atoms with Gasteiger partial charge in [-0.25, -0.2) is 0 Å². The summed E-state index contributed by atoms with van der Waals surface area (Å²) in [5.74, 6) is 2.55. The predicted octanol–water partition coefficient (Wildman–Crippen LogP) is 4.30. The van der Waals surface area contributed by atoms with Crippen LogP contribution in [0.4, 0.5) is 0 Å². The van der Waals surface area contributed by atoms with Gasteiger partial charge in [-0.2, -0.15) is 0 Å². The average Bonchev–Trinajstić information content (AvgIpc) is 2.97. The van der Waals surface area contributed by atoms with Gasteiger partial charge in [0.1, 0.15) is 0 Å². The van der Waals surface area contributed by atoms with Crippen molar-refractivity contribution in [2.45, 2.75) is 90.8 Å². The minimum Gasteiger partial charge on any atom is -0.315 e. The second kappa shape index (κ2) is 7.97. The third-order valence-electron chi connectivity index (χ3n) is 5.97. The molecule has 124 valence electrons. The second-order valence-corrected chi connectivity index (χ2v) is 8.31. The lowest BCUT2D eigenvalue weighted by atomic mass is 9.76. The van der Waals surface area contributed by atoms with Crippen LogP contribution in [0.5, 0.6) is 0 Å². The smallest absolute Gasteiger partial charge is 0.0255 e. The summed E-state index contributed by atoms with van der Waals surface area (Å²) in [4.78, 5) is 2.92. The molecular weight excluding hydrogens is 256 g/mol. The Bertz CT molecular complexity index is 294. The van der Waals surface area contributed by atoms with Crippen LogP contribution in [0.1, 0.15) is 72.6 Å². The summed E-state index contributed by atoms with van der Waals surface area (Å²) < 4.78 is 0. The molecule has 2 aliphatic carbocycles. The van der Waals surface area contributed by atoms with Gasteiger partial charge in [-0.15, -0.1) is 0 Å². The van der Waals surface area contributed by atoms with E-state index in [9.17, 15) is 0 Å². The summed E-state index contributed by atoms with van der Waals surface area (Å²) in [7, 11) is 2.18. The topological polar surface area (TPSA) is 15.3 Å². The zero-order valence-corrected chi connectivity index (χ0v) is 15.1. The summed E-state index contributed by atoms with van der Waals surface area (Å²) in [6, 6.07) is 2.33. The summed E-state index contributed by atoms with van der Waals surface area (Å²) in [6.45, 7) is 10.9. The van der Waals surface area contributed by atoms with Gasteiger partial charge in [-0.05, 0) is 56.9 Å². The van der Waals surface area contributed by atoms with Crippen molar-refractivity contribution in [2.75, 3.05) is 13.6 Å². The lowest BCUT2D eigenvalue weighted by Gasteiger charge is -2.47. The van der Waals surface area contributed by atoms with E-state index in [1.165, 1.54) is 51.5 Å². The molecule has 0 heterocycles. The Hall–Kier alpha value is -0.0800. The minimum absolute atomic E-state index is 0.708. The van der Waals surface area contributed by atoms with Crippen molar-refractivity contribution >= 4 is 0 Å². The van der Waals surface area contributed by atoms with Crippen LogP contribution in [-0.4, -0.2) is 36.6 Å². The molecule has 21 heavy (non-hydrogen) atoms. The van der Waals surface area contributed by atoms with Crippen LogP contribution >= 0.6 is 0 Å². The first kappa shape index (κ1) is 17.3. The molecular formula is C19H38N2. The van der Waals surface area contributed by atoms with Crippen LogP contribution in [0.3, 0.4) is 0 Å². The van der Waals surface area contributed by atoms with Crippen molar-refractivity contribution < 1.29 is 0 Å². The lowest BCUT2D eigenvalue weighted by Crippen LogP contribution is -2.56. The number of hydrogen-bond donors (Lipinski definition) is 1. The fourth-order valence-electron chi connectivity index (χ4n) is 4.70. The van der Waals surface area contributed by atoms with Crippen molar-refractivity contribution in [3.8, 4) is 0 Å². The average molecular weight is 295 g/mol. The largest absolute Gasteiger partial charge is 0.315 e. The first-order chi connectivity index (χ1) is 10.0. The molecule has 0 amide bonds. The van der Waals surface area contributed by atoms with Crippen molar-refractivity contribution in [3.05, 3.63) is 0 Å². The van der Waals surface area contributed by atoms with Gasteiger partial charge in [0.25, 0.3) is 0 Å². The highest BCUT2D eigenvalue weighted by atomic mass is 15.2. The number of hydrogen-bond acceptors (Lipinski definition) is 2. The van der Waals surface area contributed by atoms with Crippen LogP contribution in [0.2, 0.25) is 0 Å². The Kier molecular flexibility index (Phi) is 6.55. The first-order valence-corrected chi connectivity index (χ1v) is 9.46. The van der Waals surface area contributed by atoms with Gasteiger partial charge in [0.05, 0.1) is 0 Å². The van der Waals surface area contributed by atoms with Crippen LogP contribution in [0.25, 0.3) is 0 Å². The molecule has 0 bridgehead atoms. The zero-order valence-electron chi connectivity index (χ0n) is 15.1. The van der Waals surface area contributed by atoms with Gasteiger partial charge in [-0.1, -0.05) is 40.5 Å². The molecule has 0 spiro atoms. The molecule has 0 aliphatic heterocycles. The Morgan fingerprint density at radius 2 is 1.67 bits per heavy atom. The Labute approximate surface area is 133 Å². The summed E-state index contributed by atoms with van der Waals surface area (Å²) >= 11 is 0. The van der Waals surface area contributed by atoms with E-state index in [1.54, 1.807) is 0 Å². The van der Waals surface area contributed by atoms with Crippen LogP contribution in [-0.2, 0) is 0 Å². The van der Waals surface area contributed by atoms with E-state index in [1.807, 2.05) is 0 Å². The molecule has 0 saturated heterocycles. The quantitative estimate of drug-likeness (QED) is 0.785. The SMILES string of the molecule is CNC1CCC(C(C)C)CC1N(CC(C)C)C1CCCC1. The third-order valence-corrected chi connectivity index (χ3v) is 5.97. The number of likely N-dealkylation sites (N-methyl/N-ethyl adjacent to an activating group) is 1. The molecule has 0 aromatic carbocycles. The highest BCUT2D eigenvalue weighted by Crippen LogP contribution is 2.36. The molecule has 2 rings (SSSR count). The van der Waals surface area contributed by atoms with E-state index in [4.69, 9.17) is 0 Å². The Morgan fingerprint density at radius 3 is 2.19 bits per heavy atom. The molecule has 2 heteroatoms. The molecule has 2 aliphatic rings. The first-order valence-electron chi connectivity index (χ1n) is 9.46. The van der Waals surface area contributed by atoms with Gasteiger partial charge in [-0.3, -0.25) is 4.90 Å². The number of rotatable bonds is 6. The lowest BCUT2D eigenvalue weighted by molar-refractivity contribution is 0.0444. The predicted molar refractivity (Wildman–Crippen MR) is 92.6 cm³/mol. The molecule has 0 aromatic heterocycles. The van der Waals surface area contributed by atoms with E-state index >= 15 is 0 Å². The van der Waals surface area contributed by atoms with E-state index in [2.05, 4.69) is 45.0 Å². The highest BCUT2D eigenvalue weighted by Gasteiger charge is 2.38. The highest BCUT2D eigenvalue weighted by molar-refractivity contribution is 4.94. The van der Waals surface area contributed by atoms with Crippen molar-refractivity contribution in [2.24, 2.45) is 17.8 Å². The molecule has 3 unspecified atom stereocenters. The normalized spacial score (nSPS) is 31.7. The Morgan fingerprint density at radius 1 is 1.00 bits per heavy atom. The van der Waals surface area contributed by atoms with E-state index < -0.39 is 0 Å². The van der Waals surface area contributed by atoms with Gasteiger partial charge in [0.15, 0.2) is 0 Å². The van der Waals surface area contributed by atoms with E-state index in [0.717, 1.165) is 29.8 Å². The molecule has 0 aromatic rings. The molecule has 2 nitrogen and oxygen atoms in total. The number of nitrogens with zero attached hydrogens (tertiary/aromatic N) is 1. The standard InChI is InChI=1S/C19H38N2/c1-14(2)13-21(17-8-6-7-9-17)19-12-16(15(3)4)10-11-18(19)20-5/h14-20H,6-13H2,1-5H3. The van der Waals surface area contributed by atoms with Gasteiger partial charge in [0.2, 0.25) is 0 Å². The van der Waals surface area contributed by atoms with E-state index in [-0.39, 0.29) is 0 Å². The molecule has 2 fully saturated rings. The number of nitrogens with one attached hydrogen (secondary N) is 1. The third kappa shape index (κ3) is 4.45. The van der Waals surface area contributed by atoms with Gasteiger partial charge < -0.3 is 5.32 Å². The van der Waals surface area contributed by atoms with Gasteiger partial charge >= 0.3 is 0 Å². The molecule has 2 saturated carbocycles. The second-order valence-electron chi connectivity index (χ2n) is 8.31. The summed E-state index contributed by atoms with van der Waals surface area (Å²) in [6.07, 6.45) is 9.96. The fraction of sp³-hybridized carbons (Fsp3) is 1.00. The Balaban J connectivity index is 2.12. The van der Waals surface area contributed by atoms with E-state index in [0.29, 0.717) is 6.04 Å². The van der Waals surface area contributed by atoms with Crippen LogP contribution in [0, 0.1) is 17.8 Å². The maximum atomic E-state index is 3.65. The molecule has 0 radical (unpaired) electrons. The minimum atomic E-state index is 0.708. The maximum absolute atomic E-state index is 3.65. The van der Waals surface area contributed by atoms with Crippen molar-refractivity contribution in [3.63, 3.8) is 0 Å². The van der Waals surface area contributed by atoms with Crippen LogP contribution in [0.15, 0.2) is 0 Å². The molecule has 1 N–H and O–H groups in total. The monoisotopic (exact) mass is 294 g/mol. The zero-order chi connectivity index (χ0) is 15.4. The maximum Gasteiger partial charge on any atom is 0.0255 e. The molecule has 3 atom stereocenters. The fourth-order valence-corrected chi connectivity index (χ4v) is 4.70.